The molecule has 1 fully saturated rings. The third kappa shape index (κ3) is 8.62. The molecule has 11 nitrogen and oxygen atoms in total. The first-order chi connectivity index (χ1) is 17.3. The molecule has 37 heavy (non-hydrogen) atoms. The van der Waals surface area contributed by atoms with Crippen LogP contribution in [0.4, 0.5) is 4.79 Å². The number of esters is 1. The van der Waals surface area contributed by atoms with Gasteiger partial charge in [0.25, 0.3) is 0 Å². The van der Waals surface area contributed by atoms with Crippen molar-refractivity contribution in [3.63, 3.8) is 0 Å². The molecule has 4 unspecified atom stereocenters. The Morgan fingerprint density at radius 3 is 2.41 bits per heavy atom. The molecule has 202 valence electrons. The number of hydrogen-bond acceptors (Lipinski definition) is 7. The highest BCUT2D eigenvalue weighted by molar-refractivity contribution is 5.95. The number of hydrogen-bond donors (Lipinski definition) is 3. The normalized spacial score (nSPS) is 18.0. The molecule has 0 saturated heterocycles. The predicted molar refractivity (Wildman–Crippen MR) is 136 cm³/mol. The summed E-state index contributed by atoms with van der Waals surface area (Å²) in [5, 5.41) is 4.95. The molecule has 0 bridgehead atoms. The highest BCUT2D eigenvalue weighted by Crippen LogP contribution is 2.41. The lowest BCUT2D eigenvalue weighted by molar-refractivity contribution is -0.146. The number of nitrogens with two attached hydrogens (primary N) is 1. The molecule has 4 amide bonds. The predicted octanol–water partition coefficient (Wildman–Crippen LogP) is 1.67. The Balaban J connectivity index is 2.52. The van der Waals surface area contributed by atoms with E-state index in [9.17, 15) is 24.0 Å². The zero-order valence-electron chi connectivity index (χ0n) is 21.9. The monoisotopic (exact) mass is 516 g/mol. The number of alkyl carbamates (subject to hydrolysis) is 1. The Bertz CT molecular complexity index is 1050. The summed E-state index contributed by atoms with van der Waals surface area (Å²) in [7, 11) is 1.19. The Morgan fingerprint density at radius 1 is 1.24 bits per heavy atom. The van der Waals surface area contributed by atoms with Gasteiger partial charge in [-0.05, 0) is 50.3 Å². The number of carbonyl (C=O) groups excluding carboxylic acids is 5. The van der Waals surface area contributed by atoms with Crippen LogP contribution in [0.5, 0.6) is 0 Å². The summed E-state index contributed by atoms with van der Waals surface area (Å²) in [5.74, 6) is -2.74. The minimum absolute atomic E-state index is 0.0539. The van der Waals surface area contributed by atoms with Crippen LogP contribution < -0.4 is 16.4 Å². The number of carbonyl (C=O) groups is 5. The summed E-state index contributed by atoms with van der Waals surface area (Å²) < 4.78 is 9.88. The van der Waals surface area contributed by atoms with Gasteiger partial charge >= 0.3 is 12.1 Å². The Hall–Kier alpha value is -3.89. The maximum atomic E-state index is 13.9. The van der Waals surface area contributed by atoms with Crippen LogP contribution >= 0.6 is 0 Å². The zero-order valence-corrected chi connectivity index (χ0v) is 21.9. The maximum Gasteiger partial charge on any atom is 0.408 e. The van der Waals surface area contributed by atoms with Crippen molar-refractivity contribution in [2.45, 2.75) is 64.3 Å². The number of amides is 4. The van der Waals surface area contributed by atoms with E-state index in [1.807, 2.05) is 6.92 Å². The maximum absolute atomic E-state index is 13.9. The molecule has 0 spiro atoms. The largest absolute Gasteiger partial charge is 0.468 e. The van der Waals surface area contributed by atoms with Gasteiger partial charge in [-0.2, -0.15) is 0 Å². The first-order valence-electron chi connectivity index (χ1n) is 11.9. The third-order valence-electron chi connectivity index (χ3n) is 5.70. The van der Waals surface area contributed by atoms with Crippen LogP contribution in [0.1, 0.15) is 57.7 Å². The molecule has 0 aromatic heterocycles. The van der Waals surface area contributed by atoms with Gasteiger partial charge < -0.3 is 30.7 Å². The molecule has 0 radical (unpaired) electrons. The molecule has 1 aliphatic carbocycles. The quantitative estimate of drug-likeness (QED) is 0.378. The first kappa shape index (κ1) is 29.3. The smallest absolute Gasteiger partial charge is 0.408 e. The molecule has 1 saturated carbocycles. The molecular formula is C26H36N4O7. The number of rotatable bonds is 11. The number of methoxy groups -OCH3 is 1. The second-order valence-corrected chi connectivity index (χ2v) is 9.97. The summed E-state index contributed by atoms with van der Waals surface area (Å²) in [6, 6.07) is 3.96. The van der Waals surface area contributed by atoms with Crippen molar-refractivity contribution in [2.75, 3.05) is 13.7 Å². The van der Waals surface area contributed by atoms with Crippen molar-refractivity contribution in [2.24, 2.45) is 11.7 Å². The fraction of sp³-hybridized carbons (Fsp3) is 0.500. The molecule has 0 aliphatic heterocycles. The van der Waals surface area contributed by atoms with Gasteiger partial charge in [0.15, 0.2) is 0 Å². The average Bonchev–Trinajstić information content (AvgIpc) is 3.53. The van der Waals surface area contributed by atoms with Crippen LogP contribution in [0.3, 0.4) is 0 Å². The Labute approximate surface area is 216 Å². The Kier molecular flexibility index (Phi) is 9.81. The second-order valence-electron chi connectivity index (χ2n) is 9.97. The molecular weight excluding hydrogens is 480 g/mol. The van der Waals surface area contributed by atoms with E-state index in [0.29, 0.717) is 17.5 Å². The van der Waals surface area contributed by atoms with Crippen LogP contribution in [-0.4, -0.2) is 66.0 Å². The van der Waals surface area contributed by atoms with Crippen LogP contribution in [0, 0.1) is 5.92 Å². The van der Waals surface area contributed by atoms with Crippen molar-refractivity contribution in [3.05, 3.63) is 42.0 Å². The number of ether oxygens (including phenoxy) is 2. The van der Waals surface area contributed by atoms with Gasteiger partial charge in [-0.15, -0.1) is 0 Å². The summed E-state index contributed by atoms with van der Waals surface area (Å²) in [5.41, 5.74) is 5.71. The molecule has 1 aromatic rings. The van der Waals surface area contributed by atoms with Crippen LogP contribution in [-0.2, 0) is 28.7 Å². The van der Waals surface area contributed by atoms with E-state index in [1.54, 1.807) is 51.1 Å². The van der Waals surface area contributed by atoms with Gasteiger partial charge in [-0.25, -0.2) is 4.79 Å². The van der Waals surface area contributed by atoms with Crippen LogP contribution in [0.15, 0.2) is 30.8 Å². The SMILES string of the molecule is C=Cc1cccc(C(C(=O)NCC(=O)OC)N(C(=O)C(CC(N)=O)NC(=O)OC(C)(C)C)C2CC2C)c1. The zero-order chi connectivity index (χ0) is 27.9. The van der Waals surface area contributed by atoms with Gasteiger partial charge in [0, 0.05) is 6.04 Å². The number of primary amides is 1. The fourth-order valence-electron chi connectivity index (χ4n) is 3.83. The van der Waals surface area contributed by atoms with Gasteiger partial charge in [0.1, 0.15) is 24.2 Å². The molecule has 4 N–H and O–H groups in total. The van der Waals surface area contributed by atoms with E-state index >= 15 is 0 Å². The third-order valence-corrected chi connectivity index (χ3v) is 5.70. The van der Waals surface area contributed by atoms with E-state index in [2.05, 4.69) is 21.9 Å². The van der Waals surface area contributed by atoms with Crippen LogP contribution in [0.2, 0.25) is 0 Å². The van der Waals surface area contributed by atoms with Crippen molar-refractivity contribution < 1.29 is 33.4 Å². The van der Waals surface area contributed by atoms with E-state index in [-0.39, 0.29) is 12.0 Å². The number of nitrogens with zero attached hydrogens (tertiary/aromatic N) is 1. The van der Waals surface area contributed by atoms with Crippen LogP contribution in [0.25, 0.3) is 6.08 Å². The highest BCUT2D eigenvalue weighted by atomic mass is 16.6. The molecule has 1 aliphatic rings. The fourth-order valence-corrected chi connectivity index (χ4v) is 3.83. The van der Waals surface area contributed by atoms with Crippen molar-refractivity contribution in [1.29, 1.82) is 0 Å². The molecule has 2 rings (SSSR count). The minimum atomic E-state index is -1.38. The van der Waals surface area contributed by atoms with E-state index in [1.165, 1.54) is 12.0 Å². The van der Waals surface area contributed by atoms with E-state index in [0.717, 1.165) is 0 Å². The van der Waals surface area contributed by atoms with Gasteiger partial charge in [0.05, 0.1) is 13.5 Å². The lowest BCUT2D eigenvalue weighted by Crippen LogP contribution is -2.55. The summed E-state index contributed by atoms with van der Waals surface area (Å²) in [4.78, 5) is 64.8. The number of nitrogens with one attached hydrogen (secondary N) is 2. The lowest BCUT2D eigenvalue weighted by atomic mass is 9.99. The van der Waals surface area contributed by atoms with E-state index < -0.39 is 60.4 Å². The second kappa shape index (κ2) is 12.4. The van der Waals surface area contributed by atoms with Gasteiger partial charge in [-0.3, -0.25) is 19.2 Å². The van der Waals surface area contributed by atoms with E-state index in [4.69, 9.17) is 10.5 Å². The average molecular weight is 517 g/mol. The molecule has 1 aromatic carbocycles. The van der Waals surface area contributed by atoms with Gasteiger partial charge in [0.2, 0.25) is 17.7 Å². The Morgan fingerprint density at radius 2 is 1.89 bits per heavy atom. The molecule has 11 heteroatoms. The van der Waals surface area contributed by atoms with Crippen molar-refractivity contribution in [3.8, 4) is 0 Å². The highest BCUT2D eigenvalue weighted by Gasteiger charge is 2.48. The topological polar surface area (TPSA) is 157 Å². The summed E-state index contributed by atoms with van der Waals surface area (Å²) in [6.07, 6.45) is 0.789. The minimum Gasteiger partial charge on any atom is -0.468 e. The molecule has 0 heterocycles. The standard InChI is InChI=1S/C26H36N4O7/c1-7-16-9-8-10-17(12-16)22(23(33)28-14-21(32)36-6)30(19-11-15(19)2)24(34)18(13-20(27)31)29-25(35)37-26(3,4)5/h7-10,12,15,18-19,22H,1,11,13-14H2,2-6H3,(H2,27,31)(H,28,33)(H,29,35). The lowest BCUT2D eigenvalue weighted by Gasteiger charge is -2.35. The van der Waals surface area contributed by atoms with Crippen molar-refractivity contribution >= 4 is 35.9 Å². The van der Waals surface area contributed by atoms with Gasteiger partial charge in [-0.1, -0.05) is 37.8 Å². The number of benzene rings is 1. The summed E-state index contributed by atoms with van der Waals surface area (Å²) in [6.45, 7) is 10.2. The van der Waals surface area contributed by atoms with Crippen molar-refractivity contribution in [1.82, 2.24) is 15.5 Å². The first-order valence-corrected chi connectivity index (χ1v) is 11.9. The molecule has 4 atom stereocenters. The summed E-state index contributed by atoms with van der Waals surface area (Å²) >= 11 is 0.